The van der Waals surface area contributed by atoms with Crippen molar-refractivity contribution >= 4 is 33.7 Å². The van der Waals surface area contributed by atoms with Crippen molar-refractivity contribution in [3.8, 4) is 0 Å². The second-order valence-electron chi connectivity index (χ2n) is 5.25. The van der Waals surface area contributed by atoms with E-state index in [4.69, 9.17) is 11.5 Å². The first kappa shape index (κ1) is 13.9. The van der Waals surface area contributed by atoms with Gasteiger partial charge >= 0.3 is 0 Å². The molecule has 0 atom stereocenters. The fourth-order valence-corrected chi connectivity index (χ4v) is 2.53. The molecule has 4 heteroatoms. The lowest BCUT2D eigenvalue weighted by Crippen LogP contribution is -2.14. The number of amides is 1. The summed E-state index contributed by atoms with van der Waals surface area (Å²) >= 11 is 0. The Morgan fingerprint density at radius 1 is 1.00 bits per heavy atom. The lowest BCUT2D eigenvalue weighted by atomic mass is 10.0. The topological polar surface area (TPSA) is 81.1 Å². The van der Waals surface area contributed by atoms with Crippen molar-refractivity contribution < 1.29 is 4.79 Å². The van der Waals surface area contributed by atoms with E-state index in [1.54, 1.807) is 19.1 Å². The van der Waals surface area contributed by atoms with Crippen LogP contribution in [-0.4, -0.2) is 5.91 Å². The SMILES string of the molecule is Cc1c(C(N)=O)ccc(Nc2ccc3ccccc3c2)c1N. The van der Waals surface area contributed by atoms with E-state index >= 15 is 0 Å². The molecule has 1 amide bonds. The van der Waals surface area contributed by atoms with Crippen LogP contribution in [0.25, 0.3) is 10.8 Å². The maximum Gasteiger partial charge on any atom is 0.249 e. The second kappa shape index (κ2) is 5.41. The van der Waals surface area contributed by atoms with Gasteiger partial charge < -0.3 is 16.8 Å². The van der Waals surface area contributed by atoms with Crippen molar-refractivity contribution in [2.75, 3.05) is 11.1 Å². The molecule has 110 valence electrons. The van der Waals surface area contributed by atoms with Crippen LogP contribution in [0.5, 0.6) is 0 Å². The fraction of sp³-hybridized carbons (Fsp3) is 0.0556. The maximum absolute atomic E-state index is 11.3. The minimum atomic E-state index is -0.471. The molecule has 0 aliphatic carbocycles. The molecule has 0 aliphatic rings. The molecule has 0 unspecified atom stereocenters. The van der Waals surface area contributed by atoms with Crippen LogP contribution in [0.3, 0.4) is 0 Å². The minimum Gasteiger partial charge on any atom is -0.397 e. The van der Waals surface area contributed by atoms with Gasteiger partial charge in [0, 0.05) is 11.3 Å². The molecule has 0 radical (unpaired) electrons. The summed E-state index contributed by atoms with van der Waals surface area (Å²) in [4.78, 5) is 11.3. The number of carbonyl (C=O) groups is 1. The molecule has 0 bridgehead atoms. The molecule has 5 N–H and O–H groups in total. The first-order chi connectivity index (χ1) is 10.6. The number of nitrogens with two attached hydrogens (primary N) is 2. The Morgan fingerprint density at radius 3 is 2.45 bits per heavy atom. The number of carbonyl (C=O) groups excluding carboxylic acids is 1. The van der Waals surface area contributed by atoms with E-state index in [2.05, 4.69) is 29.6 Å². The highest BCUT2D eigenvalue weighted by Crippen LogP contribution is 2.29. The van der Waals surface area contributed by atoms with Crippen LogP contribution in [0.15, 0.2) is 54.6 Å². The van der Waals surface area contributed by atoms with E-state index in [1.807, 2.05) is 18.2 Å². The van der Waals surface area contributed by atoms with E-state index in [0.717, 1.165) is 16.8 Å². The quantitative estimate of drug-likeness (QED) is 0.645. The zero-order chi connectivity index (χ0) is 15.7. The predicted molar refractivity (Wildman–Crippen MR) is 91.3 cm³/mol. The van der Waals surface area contributed by atoms with E-state index in [1.165, 1.54) is 5.39 Å². The fourth-order valence-electron chi connectivity index (χ4n) is 2.53. The van der Waals surface area contributed by atoms with Gasteiger partial charge in [0.15, 0.2) is 0 Å². The van der Waals surface area contributed by atoms with Crippen molar-refractivity contribution in [3.05, 3.63) is 65.7 Å². The van der Waals surface area contributed by atoms with Gasteiger partial charge in [-0.05, 0) is 47.5 Å². The van der Waals surface area contributed by atoms with Crippen LogP contribution in [0.2, 0.25) is 0 Å². The Kier molecular flexibility index (Phi) is 3.43. The van der Waals surface area contributed by atoms with Crippen molar-refractivity contribution in [2.45, 2.75) is 6.92 Å². The third-order valence-corrected chi connectivity index (χ3v) is 3.81. The molecule has 22 heavy (non-hydrogen) atoms. The maximum atomic E-state index is 11.3. The summed E-state index contributed by atoms with van der Waals surface area (Å²) in [5, 5.41) is 5.63. The minimum absolute atomic E-state index is 0.446. The van der Waals surface area contributed by atoms with Gasteiger partial charge in [0.05, 0.1) is 11.4 Å². The van der Waals surface area contributed by atoms with Gasteiger partial charge in [-0.3, -0.25) is 4.79 Å². The van der Waals surface area contributed by atoms with Gasteiger partial charge in [-0.1, -0.05) is 30.3 Å². The summed E-state index contributed by atoms with van der Waals surface area (Å²) in [6.45, 7) is 1.79. The van der Waals surface area contributed by atoms with E-state index in [9.17, 15) is 4.79 Å². The molecule has 0 spiro atoms. The number of fused-ring (bicyclic) bond motifs is 1. The Hall–Kier alpha value is -3.01. The van der Waals surface area contributed by atoms with Gasteiger partial charge in [0.25, 0.3) is 0 Å². The molecule has 0 heterocycles. The highest BCUT2D eigenvalue weighted by atomic mass is 16.1. The normalized spacial score (nSPS) is 10.6. The molecule has 0 aromatic heterocycles. The van der Waals surface area contributed by atoms with Crippen LogP contribution < -0.4 is 16.8 Å². The standard InChI is InChI=1S/C18H17N3O/c1-11-15(18(20)22)8-9-16(17(11)19)21-14-7-6-12-4-2-3-5-13(12)10-14/h2-10,21H,19H2,1H3,(H2,20,22). The van der Waals surface area contributed by atoms with Crippen molar-refractivity contribution in [3.63, 3.8) is 0 Å². The summed E-state index contributed by atoms with van der Waals surface area (Å²) in [7, 11) is 0. The zero-order valence-electron chi connectivity index (χ0n) is 12.3. The van der Waals surface area contributed by atoms with E-state index in [0.29, 0.717) is 16.8 Å². The monoisotopic (exact) mass is 291 g/mol. The number of primary amides is 1. The molecule has 3 rings (SSSR count). The Bertz CT molecular complexity index is 871. The molecule has 0 saturated heterocycles. The first-order valence-electron chi connectivity index (χ1n) is 7.01. The highest BCUT2D eigenvalue weighted by molar-refractivity contribution is 5.97. The number of hydrogen-bond acceptors (Lipinski definition) is 3. The van der Waals surface area contributed by atoms with Crippen LogP contribution in [-0.2, 0) is 0 Å². The Labute approximate surface area is 128 Å². The number of benzene rings is 3. The molecular formula is C18H17N3O. The van der Waals surface area contributed by atoms with Gasteiger partial charge in [-0.15, -0.1) is 0 Å². The van der Waals surface area contributed by atoms with E-state index in [-0.39, 0.29) is 0 Å². The van der Waals surface area contributed by atoms with Crippen LogP contribution in [0, 0.1) is 6.92 Å². The number of anilines is 3. The molecule has 3 aromatic carbocycles. The van der Waals surface area contributed by atoms with Crippen molar-refractivity contribution in [2.24, 2.45) is 5.73 Å². The average molecular weight is 291 g/mol. The number of hydrogen-bond donors (Lipinski definition) is 3. The number of nitrogen functional groups attached to an aromatic ring is 1. The molecular weight excluding hydrogens is 274 g/mol. The Morgan fingerprint density at radius 2 is 1.73 bits per heavy atom. The lowest BCUT2D eigenvalue weighted by molar-refractivity contribution is 0.1000. The predicted octanol–water partition coefficient (Wildman–Crippen LogP) is 3.57. The number of rotatable bonds is 3. The van der Waals surface area contributed by atoms with Gasteiger partial charge in [0.2, 0.25) is 5.91 Å². The van der Waals surface area contributed by atoms with Crippen LogP contribution in [0.4, 0.5) is 17.1 Å². The Balaban J connectivity index is 1.98. The summed E-state index contributed by atoms with van der Waals surface area (Å²) in [6, 6.07) is 17.7. The summed E-state index contributed by atoms with van der Waals surface area (Å²) in [6.07, 6.45) is 0. The molecule has 3 aromatic rings. The first-order valence-corrected chi connectivity index (χ1v) is 7.01. The van der Waals surface area contributed by atoms with Crippen molar-refractivity contribution in [1.82, 2.24) is 0 Å². The third kappa shape index (κ3) is 2.46. The van der Waals surface area contributed by atoms with Crippen LogP contribution >= 0.6 is 0 Å². The van der Waals surface area contributed by atoms with Gasteiger partial charge in [-0.25, -0.2) is 0 Å². The van der Waals surface area contributed by atoms with Crippen LogP contribution in [0.1, 0.15) is 15.9 Å². The highest BCUT2D eigenvalue weighted by Gasteiger charge is 2.11. The molecule has 4 nitrogen and oxygen atoms in total. The molecule has 0 aliphatic heterocycles. The van der Waals surface area contributed by atoms with E-state index < -0.39 is 5.91 Å². The zero-order valence-corrected chi connectivity index (χ0v) is 12.3. The smallest absolute Gasteiger partial charge is 0.249 e. The molecule has 0 saturated carbocycles. The summed E-state index contributed by atoms with van der Waals surface area (Å²) in [5.41, 5.74) is 14.8. The number of nitrogens with one attached hydrogen (secondary N) is 1. The van der Waals surface area contributed by atoms with Crippen molar-refractivity contribution in [1.29, 1.82) is 0 Å². The summed E-state index contributed by atoms with van der Waals surface area (Å²) in [5.74, 6) is -0.471. The third-order valence-electron chi connectivity index (χ3n) is 3.81. The summed E-state index contributed by atoms with van der Waals surface area (Å²) < 4.78 is 0. The largest absolute Gasteiger partial charge is 0.397 e. The second-order valence-corrected chi connectivity index (χ2v) is 5.25. The van der Waals surface area contributed by atoms with Gasteiger partial charge in [-0.2, -0.15) is 0 Å². The van der Waals surface area contributed by atoms with Gasteiger partial charge in [0.1, 0.15) is 0 Å². The molecule has 0 fully saturated rings. The average Bonchev–Trinajstić information content (AvgIpc) is 2.51. The lowest BCUT2D eigenvalue weighted by Gasteiger charge is -2.14.